The van der Waals surface area contributed by atoms with Gasteiger partial charge in [0.2, 0.25) is 6.08 Å². The summed E-state index contributed by atoms with van der Waals surface area (Å²) in [6.45, 7) is 8.92. The quantitative estimate of drug-likeness (QED) is 0.491. The normalized spacial score (nSPS) is 36.1. The Morgan fingerprint density at radius 3 is 2.50 bits per heavy atom. The molecule has 0 radical (unpaired) electrons. The van der Waals surface area contributed by atoms with Crippen molar-refractivity contribution in [3.63, 3.8) is 0 Å². The van der Waals surface area contributed by atoms with Crippen LogP contribution in [0.2, 0.25) is 0 Å². The van der Waals surface area contributed by atoms with E-state index in [1.165, 1.54) is 6.42 Å². The molecule has 1 aliphatic carbocycles. The van der Waals surface area contributed by atoms with Gasteiger partial charge < -0.3 is 0 Å². The number of hydrogen-bond acceptors (Lipinski definition) is 2. The fourth-order valence-electron chi connectivity index (χ4n) is 3.23. The molecule has 1 aliphatic rings. The number of rotatable bonds is 2. The highest BCUT2D eigenvalue weighted by Crippen LogP contribution is 2.46. The van der Waals surface area contributed by atoms with Crippen LogP contribution in [0.3, 0.4) is 0 Å². The van der Waals surface area contributed by atoms with Crippen molar-refractivity contribution in [2.45, 2.75) is 58.9 Å². The number of aliphatic imine (C=N–C) groups is 1. The zero-order chi connectivity index (χ0) is 10.8. The van der Waals surface area contributed by atoms with Gasteiger partial charge >= 0.3 is 0 Å². The standard InChI is InChI=1S/C12H21NO/c1-5-12(13-9-14)7-10(2)6-11(3,4)8-12/h10H,5-8H2,1-4H3. The predicted octanol–water partition coefficient (Wildman–Crippen LogP) is 3.32. The Bertz CT molecular complexity index is 253. The summed E-state index contributed by atoms with van der Waals surface area (Å²) >= 11 is 0. The van der Waals surface area contributed by atoms with Crippen LogP contribution in [0.1, 0.15) is 53.4 Å². The Balaban J connectivity index is 2.91. The molecular formula is C12H21NO. The summed E-state index contributed by atoms with van der Waals surface area (Å²) in [5.41, 5.74) is 0.191. The maximum absolute atomic E-state index is 10.5. The number of nitrogens with zero attached hydrogens (tertiary/aromatic N) is 1. The molecule has 0 amide bonds. The fraction of sp³-hybridized carbons (Fsp3) is 0.917. The molecule has 0 N–H and O–H groups in total. The van der Waals surface area contributed by atoms with Crippen LogP contribution in [-0.2, 0) is 4.79 Å². The van der Waals surface area contributed by atoms with Crippen LogP contribution >= 0.6 is 0 Å². The van der Waals surface area contributed by atoms with Gasteiger partial charge in [0.05, 0.1) is 5.54 Å². The lowest BCUT2D eigenvalue weighted by molar-refractivity contribution is 0.107. The molecule has 0 saturated heterocycles. The van der Waals surface area contributed by atoms with Crippen LogP contribution in [0.25, 0.3) is 0 Å². The fourth-order valence-corrected chi connectivity index (χ4v) is 3.23. The minimum absolute atomic E-state index is 0.122. The summed E-state index contributed by atoms with van der Waals surface area (Å²) in [5.74, 6) is 0.663. The van der Waals surface area contributed by atoms with E-state index in [-0.39, 0.29) is 5.54 Å². The molecule has 0 aliphatic heterocycles. The maximum atomic E-state index is 10.5. The second kappa shape index (κ2) is 3.86. The third-order valence-corrected chi connectivity index (χ3v) is 3.38. The average Bonchev–Trinajstić information content (AvgIpc) is 2.00. The lowest BCUT2D eigenvalue weighted by Crippen LogP contribution is -2.40. The molecule has 1 saturated carbocycles. The Morgan fingerprint density at radius 2 is 2.07 bits per heavy atom. The van der Waals surface area contributed by atoms with Crippen LogP contribution in [0, 0.1) is 11.3 Å². The van der Waals surface area contributed by atoms with Gasteiger partial charge in [-0.05, 0) is 37.0 Å². The first kappa shape index (κ1) is 11.5. The van der Waals surface area contributed by atoms with E-state index in [2.05, 4.69) is 32.7 Å². The van der Waals surface area contributed by atoms with Crippen LogP contribution < -0.4 is 0 Å². The van der Waals surface area contributed by atoms with Crippen LogP contribution in [0.4, 0.5) is 0 Å². The number of isocyanates is 1. The van der Waals surface area contributed by atoms with Crippen LogP contribution in [0.15, 0.2) is 4.99 Å². The Morgan fingerprint density at radius 1 is 1.43 bits per heavy atom. The van der Waals surface area contributed by atoms with Crippen molar-refractivity contribution in [1.82, 2.24) is 0 Å². The summed E-state index contributed by atoms with van der Waals surface area (Å²) in [6.07, 6.45) is 6.02. The largest absolute Gasteiger partial charge is 0.235 e. The van der Waals surface area contributed by atoms with E-state index in [0.717, 1.165) is 19.3 Å². The van der Waals surface area contributed by atoms with Gasteiger partial charge in [0.1, 0.15) is 0 Å². The second-order valence-electron chi connectivity index (χ2n) is 5.64. The molecule has 1 fully saturated rings. The van der Waals surface area contributed by atoms with Crippen molar-refractivity contribution in [3.05, 3.63) is 0 Å². The molecule has 0 heterocycles. The van der Waals surface area contributed by atoms with Crippen molar-refractivity contribution < 1.29 is 4.79 Å². The van der Waals surface area contributed by atoms with E-state index in [4.69, 9.17) is 0 Å². The summed E-state index contributed by atoms with van der Waals surface area (Å²) < 4.78 is 0. The van der Waals surface area contributed by atoms with Crippen molar-refractivity contribution in [2.75, 3.05) is 0 Å². The molecular weight excluding hydrogens is 174 g/mol. The molecule has 0 aromatic heterocycles. The SMILES string of the molecule is CCC1(N=C=O)CC(C)CC(C)(C)C1. The molecule has 0 bridgehead atoms. The van der Waals surface area contributed by atoms with E-state index in [0.29, 0.717) is 11.3 Å². The Labute approximate surface area is 86.8 Å². The van der Waals surface area contributed by atoms with Crippen molar-refractivity contribution in [3.8, 4) is 0 Å². The number of hydrogen-bond donors (Lipinski definition) is 0. The number of carbonyl (C=O) groups excluding carboxylic acids is 1. The van der Waals surface area contributed by atoms with Crippen LogP contribution in [0.5, 0.6) is 0 Å². The van der Waals surface area contributed by atoms with Crippen molar-refractivity contribution >= 4 is 6.08 Å². The minimum atomic E-state index is -0.122. The molecule has 2 nitrogen and oxygen atoms in total. The third-order valence-electron chi connectivity index (χ3n) is 3.38. The summed E-state index contributed by atoms with van der Waals surface area (Å²) in [4.78, 5) is 14.5. The monoisotopic (exact) mass is 195 g/mol. The zero-order valence-corrected chi connectivity index (χ0v) is 9.76. The smallest absolute Gasteiger partial charge is 0.211 e. The van der Waals surface area contributed by atoms with Gasteiger partial charge in [-0.3, -0.25) is 0 Å². The maximum Gasteiger partial charge on any atom is 0.235 e. The topological polar surface area (TPSA) is 29.4 Å². The molecule has 0 aromatic carbocycles. The van der Waals surface area contributed by atoms with E-state index >= 15 is 0 Å². The zero-order valence-electron chi connectivity index (χ0n) is 9.76. The van der Waals surface area contributed by atoms with Crippen LogP contribution in [-0.4, -0.2) is 11.6 Å². The highest BCUT2D eigenvalue weighted by molar-refractivity contribution is 5.35. The van der Waals surface area contributed by atoms with Gasteiger partial charge in [0.15, 0.2) is 0 Å². The van der Waals surface area contributed by atoms with E-state index < -0.39 is 0 Å². The summed E-state index contributed by atoms with van der Waals surface area (Å²) in [6, 6.07) is 0. The second-order valence-corrected chi connectivity index (χ2v) is 5.64. The highest BCUT2D eigenvalue weighted by atomic mass is 16.1. The Kier molecular flexibility index (Phi) is 3.16. The first-order chi connectivity index (χ1) is 6.43. The minimum Gasteiger partial charge on any atom is -0.211 e. The summed E-state index contributed by atoms with van der Waals surface area (Å²) in [5, 5.41) is 0. The molecule has 1 rings (SSSR count). The van der Waals surface area contributed by atoms with Gasteiger partial charge in [-0.25, -0.2) is 4.79 Å². The molecule has 14 heavy (non-hydrogen) atoms. The van der Waals surface area contributed by atoms with E-state index in [1.807, 2.05) is 0 Å². The molecule has 2 heteroatoms. The molecule has 80 valence electrons. The van der Waals surface area contributed by atoms with Gasteiger partial charge in [-0.1, -0.05) is 27.7 Å². The molecule has 2 atom stereocenters. The molecule has 0 aromatic rings. The van der Waals surface area contributed by atoms with E-state index in [1.54, 1.807) is 6.08 Å². The van der Waals surface area contributed by atoms with Gasteiger partial charge in [0.25, 0.3) is 0 Å². The van der Waals surface area contributed by atoms with E-state index in [9.17, 15) is 4.79 Å². The highest BCUT2D eigenvalue weighted by Gasteiger charge is 2.41. The lowest BCUT2D eigenvalue weighted by Gasteiger charge is -2.44. The van der Waals surface area contributed by atoms with Crippen molar-refractivity contribution in [2.24, 2.45) is 16.3 Å². The first-order valence-corrected chi connectivity index (χ1v) is 5.52. The third kappa shape index (κ3) is 2.45. The van der Waals surface area contributed by atoms with Gasteiger partial charge in [-0.15, -0.1) is 0 Å². The molecule has 0 spiro atoms. The van der Waals surface area contributed by atoms with Gasteiger partial charge in [0, 0.05) is 0 Å². The van der Waals surface area contributed by atoms with Gasteiger partial charge in [-0.2, -0.15) is 4.99 Å². The first-order valence-electron chi connectivity index (χ1n) is 5.52. The summed E-state index contributed by atoms with van der Waals surface area (Å²) in [7, 11) is 0. The molecule has 2 unspecified atom stereocenters. The average molecular weight is 195 g/mol. The van der Waals surface area contributed by atoms with Crippen molar-refractivity contribution in [1.29, 1.82) is 0 Å². The predicted molar refractivity (Wildman–Crippen MR) is 57.9 cm³/mol. The lowest BCUT2D eigenvalue weighted by atomic mass is 9.64. The Hall–Kier alpha value is -0.620.